The van der Waals surface area contributed by atoms with Crippen LogP contribution in [0.15, 0.2) is 18.3 Å². The molecule has 0 spiro atoms. The van der Waals surface area contributed by atoms with Crippen LogP contribution in [0.1, 0.15) is 32.3 Å². The third-order valence-electron chi connectivity index (χ3n) is 3.61. The van der Waals surface area contributed by atoms with Crippen LogP contribution in [-0.4, -0.2) is 29.7 Å². The lowest BCUT2D eigenvalue weighted by Gasteiger charge is -2.27. The van der Waals surface area contributed by atoms with E-state index in [0.29, 0.717) is 31.8 Å². The lowest BCUT2D eigenvalue weighted by Crippen LogP contribution is -2.40. The summed E-state index contributed by atoms with van der Waals surface area (Å²) < 4.78 is 4.98. The lowest BCUT2D eigenvalue weighted by molar-refractivity contribution is -0.149. The quantitative estimate of drug-likeness (QED) is 0.753. The van der Waals surface area contributed by atoms with E-state index in [1.807, 2.05) is 19.9 Å². The highest BCUT2D eigenvalue weighted by Crippen LogP contribution is 2.25. The summed E-state index contributed by atoms with van der Waals surface area (Å²) in [5, 5.41) is 12.5. The highest BCUT2D eigenvalue weighted by atomic mass is 16.5. The summed E-state index contributed by atoms with van der Waals surface area (Å²) in [4.78, 5) is 15.4. The molecule has 0 aliphatic carbocycles. The fourth-order valence-corrected chi connectivity index (χ4v) is 1.96. The van der Waals surface area contributed by atoms with E-state index in [4.69, 9.17) is 4.74 Å². The fourth-order valence-electron chi connectivity index (χ4n) is 1.96. The Morgan fingerprint density at radius 1 is 1.42 bits per heavy atom. The maximum Gasteiger partial charge on any atom is 0.310 e. The number of carbonyl (C=O) groups is 1. The second-order valence-electron chi connectivity index (χ2n) is 4.60. The molecule has 0 aromatic carbocycles. The average molecular weight is 266 g/mol. The molecule has 0 saturated heterocycles. The topological polar surface area (TPSA) is 71.5 Å². The second kappa shape index (κ2) is 7.09. The van der Waals surface area contributed by atoms with Crippen molar-refractivity contribution in [1.82, 2.24) is 10.3 Å². The highest BCUT2D eigenvalue weighted by Gasteiger charge is 2.34. The minimum Gasteiger partial charge on any atom is -0.481 e. The van der Waals surface area contributed by atoms with Crippen LogP contribution < -0.4 is 10.1 Å². The van der Waals surface area contributed by atoms with Gasteiger partial charge >= 0.3 is 5.97 Å². The van der Waals surface area contributed by atoms with Gasteiger partial charge in [-0.1, -0.05) is 19.9 Å². The molecule has 0 fully saturated rings. The summed E-state index contributed by atoms with van der Waals surface area (Å²) in [6, 6.07) is 3.71. The molecule has 0 aliphatic heterocycles. The number of methoxy groups -OCH3 is 1. The molecule has 0 atom stereocenters. The van der Waals surface area contributed by atoms with Crippen LogP contribution in [0.3, 0.4) is 0 Å². The Balaban J connectivity index is 2.54. The van der Waals surface area contributed by atoms with Crippen LogP contribution in [0.4, 0.5) is 0 Å². The summed E-state index contributed by atoms with van der Waals surface area (Å²) in [5.74, 6) is -0.163. The van der Waals surface area contributed by atoms with Crippen LogP contribution in [0.2, 0.25) is 0 Å². The third-order valence-corrected chi connectivity index (χ3v) is 3.61. The van der Waals surface area contributed by atoms with Crippen molar-refractivity contribution in [1.29, 1.82) is 0 Å². The molecular weight excluding hydrogens is 244 g/mol. The van der Waals surface area contributed by atoms with Crippen molar-refractivity contribution < 1.29 is 14.6 Å². The van der Waals surface area contributed by atoms with Crippen molar-refractivity contribution in [2.45, 2.75) is 33.2 Å². The van der Waals surface area contributed by atoms with Gasteiger partial charge in [-0.3, -0.25) is 4.79 Å². The van der Waals surface area contributed by atoms with Gasteiger partial charge in [-0.2, -0.15) is 0 Å². The minimum absolute atomic E-state index is 0.460. The van der Waals surface area contributed by atoms with Gasteiger partial charge in [-0.05, 0) is 18.4 Å². The zero-order valence-corrected chi connectivity index (χ0v) is 11.8. The van der Waals surface area contributed by atoms with E-state index >= 15 is 0 Å². The van der Waals surface area contributed by atoms with E-state index in [0.717, 1.165) is 5.56 Å². The third kappa shape index (κ3) is 3.92. The Kier molecular flexibility index (Phi) is 5.76. The van der Waals surface area contributed by atoms with Crippen LogP contribution in [-0.2, 0) is 11.3 Å². The molecule has 1 heterocycles. The van der Waals surface area contributed by atoms with Gasteiger partial charge in [0.25, 0.3) is 0 Å². The maximum absolute atomic E-state index is 11.3. The molecule has 2 N–H and O–H groups in total. The Morgan fingerprint density at radius 2 is 2.11 bits per heavy atom. The van der Waals surface area contributed by atoms with Crippen LogP contribution in [0, 0.1) is 5.41 Å². The molecule has 1 aromatic rings. The molecule has 0 amide bonds. The van der Waals surface area contributed by atoms with E-state index < -0.39 is 11.4 Å². The van der Waals surface area contributed by atoms with E-state index in [2.05, 4.69) is 10.3 Å². The molecule has 5 heteroatoms. The van der Waals surface area contributed by atoms with Crippen LogP contribution >= 0.6 is 0 Å². The summed E-state index contributed by atoms with van der Waals surface area (Å²) >= 11 is 0. The van der Waals surface area contributed by atoms with Gasteiger partial charge in [0.15, 0.2) is 0 Å². The number of ether oxygens (including phenoxy) is 1. The van der Waals surface area contributed by atoms with Crippen molar-refractivity contribution in [2.75, 3.05) is 13.7 Å². The maximum atomic E-state index is 11.3. The van der Waals surface area contributed by atoms with E-state index in [-0.39, 0.29) is 0 Å². The number of carboxylic acids is 1. The molecule has 0 radical (unpaired) electrons. The number of aromatic nitrogens is 1. The molecule has 19 heavy (non-hydrogen) atoms. The summed E-state index contributed by atoms with van der Waals surface area (Å²) in [6.45, 7) is 4.88. The molecule has 0 unspecified atom stereocenters. The van der Waals surface area contributed by atoms with Gasteiger partial charge in [-0.25, -0.2) is 4.98 Å². The molecule has 106 valence electrons. The first-order valence-electron chi connectivity index (χ1n) is 6.51. The zero-order valence-electron chi connectivity index (χ0n) is 11.8. The van der Waals surface area contributed by atoms with Crippen molar-refractivity contribution in [3.8, 4) is 5.88 Å². The number of nitrogens with zero attached hydrogens (tertiary/aromatic N) is 1. The first-order valence-corrected chi connectivity index (χ1v) is 6.51. The van der Waals surface area contributed by atoms with E-state index in [9.17, 15) is 9.90 Å². The van der Waals surface area contributed by atoms with Gasteiger partial charge in [0.05, 0.1) is 12.5 Å². The largest absolute Gasteiger partial charge is 0.481 e. The predicted molar refractivity (Wildman–Crippen MR) is 73.1 cm³/mol. The van der Waals surface area contributed by atoms with Gasteiger partial charge in [0, 0.05) is 25.4 Å². The molecule has 1 aromatic heterocycles. The fraction of sp³-hybridized carbons (Fsp3) is 0.571. The normalized spacial score (nSPS) is 11.3. The zero-order chi connectivity index (χ0) is 14.3. The smallest absolute Gasteiger partial charge is 0.310 e. The molecule has 0 aliphatic rings. The van der Waals surface area contributed by atoms with Crippen molar-refractivity contribution >= 4 is 5.97 Å². The minimum atomic E-state index is -0.738. The molecule has 0 saturated carbocycles. The number of nitrogens with one attached hydrogen (secondary N) is 1. The number of carboxylic acid groups (broad SMARTS) is 1. The molecule has 5 nitrogen and oxygen atoms in total. The van der Waals surface area contributed by atoms with Gasteiger partial charge in [0.1, 0.15) is 0 Å². The Morgan fingerprint density at radius 3 is 2.53 bits per heavy atom. The van der Waals surface area contributed by atoms with Gasteiger partial charge < -0.3 is 15.2 Å². The monoisotopic (exact) mass is 266 g/mol. The summed E-state index contributed by atoms with van der Waals surface area (Å²) in [5.41, 5.74) is 0.326. The number of rotatable bonds is 8. The Bertz CT molecular complexity index is 400. The number of pyridine rings is 1. The van der Waals surface area contributed by atoms with E-state index in [1.54, 1.807) is 19.4 Å². The van der Waals surface area contributed by atoms with E-state index in [1.165, 1.54) is 0 Å². The lowest BCUT2D eigenvalue weighted by atomic mass is 9.82. The van der Waals surface area contributed by atoms with Crippen LogP contribution in [0.5, 0.6) is 5.88 Å². The van der Waals surface area contributed by atoms with Crippen molar-refractivity contribution in [2.24, 2.45) is 5.41 Å². The predicted octanol–water partition coefficient (Wildman–Crippen LogP) is 2.07. The van der Waals surface area contributed by atoms with Crippen LogP contribution in [0.25, 0.3) is 0 Å². The molecule has 1 rings (SSSR count). The standard InChI is InChI=1S/C14H22N2O3/c1-4-14(5-2,13(17)18)10-15-8-11-6-7-12(19-3)16-9-11/h6-7,9,15H,4-5,8,10H2,1-3H3,(H,17,18). The van der Waals surface area contributed by atoms with Gasteiger partial charge in [0.2, 0.25) is 5.88 Å². The first-order chi connectivity index (χ1) is 9.07. The molecular formula is C14H22N2O3. The number of hydrogen-bond donors (Lipinski definition) is 2. The van der Waals surface area contributed by atoms with Gasteiger partial charge in [-0.15, -0.1) is 0 Å². The van der Waals surface area contributed by atoms with Crippen molar-refractivity contribution in [3.63, 3.8) is 0 Å². The summed E-state index contributed by atoms with van der Waals surface area (Å²) in [7, 11) is 1.57. The Labute approximate surface area is 114 Å². The second-order valence-corrected chi connectivity index (χ2v) is 4.60. The first kappa shape index (κ1) is 15.4. The SMILES string of the molecule is CCC(CC)(CNCc1ccc(OC)nc1)C(=O)O. The number of aliphatic carboxylic acids is 1. The average Bonchev–Trinajstić information content (AvgIpc) is 2.44. The van der Waals surface area contributed by atoms with Crippen molar-refractivity contribution in [3.05, 3.63) is 23.9 Å². The highest BCUT2D eigenvalue weighted by molar-refractivity contribution is 5.74. The molecule has 0 bridgehead atoms. The number of hydrogen-bond acceptors (Lipinski definition) is 4. The Hall–Kier alpha value is -1.62. The summed E-state index contributed by atoms with van der Waals surface area (Å²) in [6.07, 6.45) is 2.96.